The normalized spacial score (nSPS) is 14.5. The summed E-state index contributed by atoms with van der Waals surface area (Å²) < 4.78 is 24.4. The van der Waals surface area contributed by atoms with Gasteiger partial charge in [-0.2, -0.15) is 0 Å². The molecule has 3 aromatic rings. The van der Waals surface area contributed by atoms with E-state index in [0.717, 1.165) is 48.2 Å². The summed E-state index contributed by atoms with van der Waals surface area (Å²) in [6, 6.07) is 12.9. The number of hydrogen-bond acceptors (Lipinski definition) is 5. The van der Waals surface area contributed by atoms with E-state index < -0.39 is 9.84 Å². The summed E-state index contributed by atoms with van der Waals surface area (Å²) >= 11 is 0. The Bertz CT molecular complexity index is 1260. The van der Waals surface area contributed by atoms with Gasteiger partial charge in [-0.3, -0.25) is 14.7 Å². The van der Waals surface area contributed by atoms with Gasteiger partial charge in [-0.15, -0.1) is 0 Å². The van der Waals surface area contributed by atoms with E-state index in [0.29, 0.717) is 17.5 Å². The molecule has 0 spiro atoms. The molecule has 1 saturated heterocycles. The van der Waals surface area contributed by atoms with Crippen LogP contribution in [0.25, 0.3) is 10.9 Å². The van der Waals surface area contributed by atoms with E-state index in [2.05, 4.69) is 16.3 Å². The molecule has 7 heteroatoms. The van der Waals surface area contributed by atoms with E-state index in [1.54, 1.807) is 24.3 Å². The number of pyridine rings is 1. The molecule has 6 nitrogen and oxygen atoms in total. The molecule has 0 aliphatic carbocycles. The Labute approximate surface area is 202 Å². The van der Waals surface area contributed by atoms with Crippen LogP contribution in [0.4, 0.5) is 5.69 Å². The van der Waals surface area contributed by atoms with Crippen LogP contribution in [-0.2, 0) is 22.1 Å². The Morgan fingerprint density at radius 1 is 1.06 bits per heavy atom. The Morgan fingerprint density at radius 2 is 1.79 bits per heavy atom. The maximum Gasteiger partial charge on any atom is 0.255 e. The van der Waals surface area contributed by atoms with Crippen molar-refractivity contribution in [2.24, 2.45) is 0 Å². The maximum absolute atomic E-state index is 12.8. The number of nitrogens with one attached hydrogen (secondary N) is 1. The Balaban J connectivity index is 1.44. The fraction of sp³-hybridized carbons (Fsp3) is 0.407. The van der Waals surface area contributed by atoms with Crippen LogP contribution < -0.4 is 5.32 Å². The lowest BCUT2D eigenvalue weighted by molar-refractivity contribution is 0.102. The van der Waals surface area contributed by atoms with Crippen LogP contribution in [0.5, 0.6) is 0 Å². The summed E-state index contributed by atoms with van der Waals surface area (Å²) in [5.74, 6) is -0.0290. The Kier molecular flexibility index (Phi) is 7.63. The van der Waals surface area contributed by atoms with E-state index in [9.17, 15) is 13.2 Å². The highest BCUT2D eigenvalue weighted by Crippen LogP contribution is 2.26. The lowest BCUT2D eigenvalue weighted by Crippen LogP contribution is -2.18. The van der Waals surface area contributed by atoms with Crippen LogP contribution in [0.1, 0.15) is 59.7 Å². The number of anilines is 1. The molecule has 1 amide bonds. The van der Waals surface area contributed by atoms with Crippen molar-refractivity contribution in [3.63, 3.8) is 0 Å². The fourth-order valence-electron chi connectivity index (χ4n) is 4.45. The zero-order valence-electron chi connectivity index (χ0n) is 20.0. The standard InChI is InChI=1S/C27H33N3O3S/c1-3-4-15-34(32,33)19-21-7-9-23(10-8-21)27(31)29-25-12-11-24-16-22(17-28-26(24)20(25)2)18-30-13-5-6-14-30/h7-12,16-17H,3-6,13-15,18-19H2,1-2H3,(H,29,31). The number of aryl methyl sites for hydroxylation is 1. The highest BCUT2D eigenvalue weighted by molar-refractivity contribution is 7.90. The highest BCUT2D eigenvalue weighted by atomic mass is 32.2. The molecule has 0 saturated carbocycles. The lowest BCUT2D eigenvalue weighted by Gasteiger charge is -2.15. The molecular formula is C27H33N3O3S. The predicted molar refractivity (Wildman–Crippen MR) is 138 cm³/mol. The van der Waals surface area contributed by atoms with Gasteiger partial charge >= 0.3 is 0 Å². The van der Waals surface area contributed by atoms with Gasteiger partial charge in [-0.05, 0) is 80.2 Å². The predicted octanol–water partition coefficient (Wildman–Crippen LogP) is 5.11. The summed E-state index contributed by atoms with van der Waals surface area (Å²) in [6.45, 7) is 7.17. The van der Waals surface area contributed by atoms with Crippen LogP contribution in [-0.4, -0.2) is 43.1 Å². The van der Waals surface area contributed by atoms with Gasteiger partial charge in [0, 0.05) is 29.4 Å². The minimum Gasteiger partial charge on any atom is -0.322 e. The Hall–Kier alpha value is -2.77. The first-order valence-electron chi connectivity index (χ1n) is 12.1. The number of nitrogens with zero attached hydrogens (tertiary/aromatic N) is 2. The van der Waals surface area contributed by atoms with Crippen LogP contribution in [0, 0.1) is 6.92 Å². The third kappa shape index (κ3) is 6.02. The average molecular weight is 480 g/mol. The van der Waals surface area contributed by atoms with E-state index in [1.807, 2.05) is 32.2 Å². The molecule has 0 bridgehead atoms. The van der Waals surface area contributed by atoms with Gasteiger partial charge in [0.05, 0.1) is 17.0 Å². The highest BCUT2D eigenvalue weighted by Gasteiger charge is 2.15. The number of aromatic nitrogens is 1. The minimum absolute atomic E-state index is 0.00407. The third-order valence-corrected chi connectivity index (χ3v) is 8.11. The van der Waals surface area contributed by atoms with E-state index in [1.165, 1.54) is 18.4 Å². The molecule has 1 aliphatic rings. The summed E-state index contributed by atoms with van der Waals surface area (Å²) in [4.78, 5) is 20.0. The van der Waals surface area contributed by atoms with Gasteiger partial charge < -0.3 is 5.32 Å². The second kappa shape index (κ2) is 10.7. The molecule has 1 aromatic heterocycles. The molecule has 0 atom stereocenters. The summed E-state index contributed by atoms with van der Waals surface area (Å²) in [6.07, 6.45) is 5.99. The fourth-order valence-corrected chi connectivity index (χ4v) is 6.02. The molecule has 34 heavy (non-hydrogen) atoms. The zero-order chi connectivity index (χ0) is 24.1. The van der Waals surface area contributed by atoms with Gasteiger partial charge in [0.1, 0.15) is 0 Å². The molecule has 2 aromatic carbocycles. The maximum atomic E-state index is 12.8. The molecule has 2 heterocycles. The second-order valence-corrected chi connectivity index (χ2v) is 11.4. The molecule has 1 aliphatic heterocycles. The molecule has 0 unspecified atom stereocenters. The smallest absolute Gasteiger partial charge is 0.255 e. The number of carbonyl (C=O) groups excluding carboxylic acids is 1. The second-order valence-electron chi connectivity index (χ2n) is 9.23. The largest absolute Gasteiger partial charge is 0.322 e. The first-order chi connectivity index (χ1) is 16.3. The van der Waals surface area contributed by atoms with E-state index >= 15 is 0 Å². The number of fused-ring (bicyclic) bond motifs is 1. The van der Waals surface area contributed by atoms with Crippen molar-refractivity contribution in [3.05, 3.63) is 70.9 Å². The molecule has 4 rings (SSSR count). The average Bonchev–Trinajstić information content (AvgIpc) is 3.33. The van der Waals surface area contributed by atoms with Crippen molar-refractivity contribution < 1.29 is 13.2 Å². The van der Waals surface area contributed by atoms with Gasteiger partial charge in [0.25, 0.3) is 5.91 Å². The van der Waals surface area contributed by atoms with Crippen molar-refractivity contribution in [1.82, 2.24) is 9.88 Å². The number of carbonyl (C=O) groups is 1. The minimum atomic E-state index is -3.13. The summed E-state index contributed by atoms with van der Waals surface area (Å²) in [7, 11) is -3.13. The SMILES string of the molecule is CCCCS(=O)(=O)Cc1ccc(C(=O)Nc2ccc3cc(CN4CCCC4)cnc3c2C)cc1. The number of likely N-dealkylation sites (tertiary alicyclic amines) is 1. The number of benzene rings is 2. The van der Waals surface area contributed by atoms with Crippen molar-refractivity contribution in [3.8, 4) is 0 Å². The first kappa shape index (κ1) is 24.4. The van der Waals surface area contributed by atoms with Gasteiger partial charge in [0.15, 0.2) is 9.84 Å². The van der Waals surface area contributed by atoms with Crippen LogP contribution in [0.3, 0.4) is 0 Å². The van der Waals surface area contributed by atoms with Gasteiger partial charge in [0.2, 0.25) is 0 Å². The number of rotatable bonds is 9. The van der Waals surface area contributed by atoms with Crippen molar-refractivity contribution in [2.75, 3.05) is 24.2 Å². The number of amides is 1. The number of unbranched alkanes of at least 4 members (excludes halogenated alkanes) is 1. The molecular weight excluding hydrogens is 446 g/mol. The van der Waals surface area contributed by atoms with Crippen molar-refractivity contribution >= 4 is 32.3 Å². The first-order valence-corrected chi connectivity index (χ1v) is 13.9. The van der Waals surface area contributed by atoms with Gasteiger partial charge in [-0.25, -0.2) is 8.42 Å². The topological polar surface area (TPSA) is 79.4 Å². The van der Waals surface area contributed by atoms with Crippen LogP contribution in [0.2, 0.25) is 0 Å². The number of hydrogen-bond donors (Lipinski definition) is 1. The van der Waals surface area contributed by atoms with Gasteiger partial charge in [-0.1, -0.05) is 31.5 Å². The zero-order valence-corrected chi connectivity index (χ0v) is 20.8. The Morgan fingerprint density at radius 3 is 2.50 bits per heavy atom. The monoisotopic (exact) mass is 479 g/mol. The molecule has 180 valence electrons. The third-order valence-electron chi connectivity index (χ3n) is 6.43. The quantitative estimate of drug-likeness (QED) is 0.462. The van der Waals surface area contributed by atoms with Crippen molar-refractivity contribution in [1.29, 1.82) is 0 Å². The summed E-state index contributed by atoms with van der Waals surface area (Å²) in [5, 5.41) is 4.05. The summed E-state index contributed by atoms with van der Waals surface area (Å²) in [5.41, 5.74) is 4.94. The van der Waals surface area contributed by atoms with Crippen LogP contribution >= 0.6 is 0 Å². The lowest BCUT2D eigenvalue weighted by atomic mass is 10.1. The van der Waals surface area contributed by atoms with Crippen LogP contribution in [0.15, 0.2) is 48.7 Å². The molecule has 1 N–H and O–H groups in total. The van der Waals surface area contributed by atoms with E-state index in [-0.39, 0.29) is 17.4 Å². The number of sulfone groups is 1. The molecule has 0 radical (unpaired) electrons. The molecule has 1 fully saturated rings. The van der Waals surface area contributed by atoms with E-state index in [4.69, 9.17) is 4.98 Å². The van der Waals surface area contributed by atoms with Crippen molar-refractivity contribution in [2.45, 2.75) is 51.8 Å².